The fourth-order valence-electron chi connectivity index (χ4n) is 5.16. The van der Waals surface area contributed by atoms with Gasteiger partial charge in [-0.2, -0.15) is 0 Å². The number of halogens is 2. The Kier molecular flexibility index (Phi) is 5.77. The fraction of sp³-hybridized carbons (Fsp3) is 0.0323. The number of nitrogens with zero attached hydrogens (tertiary/aromatic N) is 2. The van der Waals surface area contributed by atoms with Crippen molar-refractivity contribution >= 4 is 45.0 Å². The number of nitrogens with one attached hydrogen (secondary N) is 2. The topological polar surface area (TPSA) is 111 Å². The molecule has 0 fully saturated rings. The Morgan fingerprint density at radius 1 is 0.625 bits per heavy atom. The Hall–Kier alpha value is -4.72. The van der Waals surface area contributed by atoms with Gasteiger partial charge in [0.05, 0.1) is 0 Å². The molecule has 9 heteroatoms. The minimum atomic E-state index is -0.259. The van der Waals surface area contributed by atoms with E-state index in [0.29, 0.717) is 21.5 Å². The first-order chi connectivity index (χ1) is 19.4. The zero-order chi connectivity index (χ0) is 27.4. The molecule has 4 aromatic carbocycles. The summed E-state index contributed by atoms with van der Waals surface area (Å²) in [5.74, 6) is -0.0397. The summed E-state index contributed by atoms with van der Waals surface area (Å²) in [5, 5.41) is 31.1. The first-order valence-corrected chi connectivity index (χ1v) is 13.2. The monoisotopic (exact) mass is 566 g/mol. The van der Waals surface area contributed by atoms with Crippen LogP contribution in [0.25, 0.3) is 44.7 Å². The first kappa shape index (κ1) is 24.3. The molecule has 0 aliphatic heterocycles. The summed E-state index contributed by atoms with van der Waals surface area (Å²) < 4.78 is 5.88. The van der Waals surface area contributed by atoms with E-state index in [1.54, 1.807) is 6.07 Å². The van der Waals surface area contributed by atoms with E-state index >= 15 is 0 Å². The lowest BCUT2D eigenvalue weighted by Crippen LogP contribution is -2.02. The molecule has 0 aliphatic rings. The van der Waals surface area contributed by atoms with Crippen LogP contribution in [0.3, 0.4) is 0 Å². The largest absolute Gasteiger partial charge is 0.504 e. The van der Waals surface area contributed by atoms with Crippen molar-refractivity contribution in [2.75, 3.05) is 0 Å². The number of rotatable bonds is 5. The highest BCUT2D eigenvalue weighted by molar-refractivity contribution is 6.31. The van der Waals surface area contributed by atoms with Crippen LogP contribution in [0.4, 0.5) is 0 Å². The van der Waals surface area contributed by atoms with Crippen molar-refractivity contribution in [3.8, 4) is 34.4 Å². The van der Waals surface area contributed by atoms with E-state index in [-0.39, 0.29) is 23.3 Å². The van der Waals surface area contributed by atoms with E-state index in [1.807, 2.05) is 73.1 Å². The van der Waals surface area contributed by atoms with E-state index in [1.165, 1.54) is 12.1 Å². The van der Waals surface area contributed by atoms with Crippen LogP contribution >= 0.6 is 23.2 Å². The molecule has 0 atom stereocenters. The van der Waals surface area contributed by atoms with Gasteiger partial charge in [0, 0.05) is 61.3 Å². The number of aromatic nitrogens is 4. The zero-order valence-electron chi connectivity index (χ0n) is 20.7. The molecule has 0 saturated heterocycles. The minimum Gasteiger partial charge on any atom is -0.504 e. The van der Waals surface area contributed by atoms with Crippen molar-refractivity contribution in [3.63, 3.8) is 0 Å². The molecule has 40 heavy (non-hydrogen) atoms. The van der Waals surface area contributed by atoms with E-state index in [9.17, 15) is 10.2 Å². The van der Waals surface area contributed by atoms with Crippen molar-refractivity contribution in [1.29, 1.82) is 0 Å². The van der Waals surface area contributed by atoms with Crippen molar-refractivity contribution in [2.45, 2.75) is 5.92 Å². The highest BCUT2D eigenvalue weighted by Gasteiger charge is 2.24. The fourth-order valence-corrected chi connectivity index (χ4v) is 5.51. The Balaban J connectivity index is 1.32. The van der Waals surface area contributed by atoms with Crippen LogP contribution in [0.15, 0.2) is 95.7 Å². The number of hydrogen-bond acceptors (Lipinski definition) is 5. The lowest BCUT2D eigenvalue weighted by atomic mass is 9.84. The number of hydrogen-bond donors (Lipinski definition) is 4. The molecule has 0 bridgehead atoms. The summed E-state index contributed by atoms with van der Waals surface area (Å²) in [7, 11) is 0. The third-order valence-electron chi connectivity index (χ3n) is 7.11. The van der Waals surface area contributed by atoms with Gasteiger partial charge >= 0.3 is 0 Å². The molecule has 0 saturated carbocycles. The predicted molar refractivity (Wildman–Crippen MR) is 156 cm³/mol. The Bertz CT molecular complexity index is 1940. The third-order valence-corrected chi connectivity index (χ3v) is 7.58. The number of H-pyrrole nitrogens is 2. The van der Waals surface area contributed by atoms with Gasteiger partial charge < -0.3 is 24.6 Å². The Labute approximate surface area is 237 Å². The van der Waals surface area contributed by atoms with Crippen LogP contribution in [0.1, 0.15) is 22.6 Å². The van der Waals surface area contributed by atoms with Gasteiger partial charge in [0.1, 0.15) is 0 Å². The van der Waals surface area contributed by atoms with Crippen molar-refractivity contribution in [1.82, 2.24) is 20.2 Å². The summed E-state index contributed by atoms with van der Waals surface area (Å²) in [4.78, 5) is 6.78. The number of benzene rings is 4. The lowest BCUT2D eigenvalue weighted by Gasteiger charge is -2.18. The second-order valence-electron chi connectivity index (χ2n) is 9.54. The molecule has 7 aromatic rings. The van der Waals surface area contributed by atoms with Gasteiger partial charge in [0.2, 0.25) is 11.8 Å². The molecule has 0 unspecified atom stereocenters. The molecule has 0 spiro atoms. The maximum Gasteiger partial charge on any atom is 0.248 e. The average Bonchev–Trinajstić information content (AvgIpc) is 3.70. The van der Waals surface area contributed by atoms with Crippen LogP contribution in [0.2, 0.25) is 10.0 Å². The summed E-state index contributed by atoms with van der Waals surface area (Å²) in [5.41, 5.74) is 6.45. The molecular formula is C31H20Cl2N4O3. The molecule has 3 aromatic heterocycles. The Morgan fingerprint density at radius 2 is 1.18 bits per heavy atom. The van der Waals surface area contributed by atoms with Crippen molar-refractivity contribution in [3.05, 3.63) is 118 Å². The van der Waals surface area contributed by atoms with Crippen molar-refractivity contribution in [2.24, 2.45) is 0 Å². The molecule has 3 heterocycles. The van der Waals surface area contributed by atoms with Crippen LogP contribution in [0.5, 0.6) is 11.5 Å². The Morgan fingerprint density at radius 3 is 1.75 bits per heavy atom. The predicted octanol–water partition coefficient (Wildman–Crippen LogP) is 8.26. The highest BCUT2D eigenvalue weighted by Crippen LogP contribution is 2.41. The van der Waals surface area contributed by atoms with Gasteiger partial charge in [-0.1, -0.05) is 35.3 Å². The second-order valence-corrected chi connectivity index (χ2v) is 10.4. The molecule has 0 radical (unpaired) electrons. The number of aromatic hydroxyl groups is 2. The first-order valence-electron chi connectivity index (χ1n) is 12.4. The van der Waals surface area contributed by atoms with E-state index in [0.717, 1.165) is 44.1 Å². The number of aromatic amines is 2. The van der Waals surface area contributed by atoms with Crippen LogP contribution in [0, 0.1) is 0 Å². The van der Waals surface area contributed by atoms with Gasteiger partial charge in [-0.05, 0) is 83.4 Å². The molecule has 196 valence electrons. The minimum absolute atomic E-state index is 0.133. The number of phenols is 2. The van der Waals surface area contributed by atoms with Crippen LogP contribution in [-0.2, 0) is 0 Å². The van der Waals surface area contributed by atoms with Gasteiger partial charge in [-0.15, -0.1) is 10.2 Å². The summed E-state index contributed by atoms with van der Waals surface area (Å²) in [6.07, 6.45) is 4.06. The summed E-state index contributed by atoms with van der Waals surface area (Å²) >= 11 is 12.8. The molecule has 0 amide bonds. The molecule has 4 N–H and O–H groups in total. The van der Waals surface area contributed by atoms with Crippen molar-refractivity contribution < 1.29 is 14.6 Å². The standard InChI is InChI=1S/C31H20Cl2N4O3/c32-19-6-8-25-21(12-19)23(14-34-25)29(24-15-35-26-9-7-20(33)13-22(24)26)16-1-3-17(4-2-16)30-36-37-31(40-30)18-5-10-27(38)28(39)11-18/h1-15,29,34-35,38-39H. The maximum absolute atomic E-state index is 9.83. The van der Waals surface area contributed by atoms with E-state index < -0.39 is 0 Å². The SMILES string of the molecule is Oc1ccc(-c2nnc(-c3ccc(C(c4c[nH]c5ccc(Cl)cc45)c4c[nH]c5ccc(Cl)cc45)cc3)o2)cc1O. The number of fused-ring (bicyclic) bond motifs is 2. The number of phenolic OH excluding ortho intramolecular Hbond substituents is 2. The molecule has 7 nitrogen and oxygen atoms in total. The van der Waals surface area contributed by atoms with Gasteiger partial charge in [-0.25, -0.2) is 0 Å². The zero-order valence-corrected chi connectivity index (χ0v) is 22.2. The highest BCUT2D eigenvalue weighted by atomic mass is 35.5. The molecule has 0 aliphatic carbocycles. The maximum atomic E-state index is 9.83. The van der Waals surface area contributed by atoms with E-state index in [4.69, 9.17) is 27.6 Å². The second kappa shape index (κ2) is 9.48. The average molecular weight is 567 g/mol. The smallest absolute Gasteiger partial charge is 0.248 e. The third kappa shape index (κ3) is 4.16. The lowest BCUT2D eigenvalue weighted by molar-refractivity contribution is 0.404. The quantitative estimate of drug-likeness (QED) is 0.157. The van der Waals surface area contributed by atoms with Gasteiger partial charge in [-0.3, -0.25) is 0 Å². The van der Waals surface area contributed by atoms with Crippen LogP contribution < -0.4 is 0 Å². The summed E-state index contributed by atoms with van der Waals surface area (Å²) in [6, 6.07) is 24.0. The van der Waals surface area contributed by atoms with Crippen LogP contribution in [-0.4, -0.2) is 30.4 Å². The molecular weight excluding hydrogens is 547 g/mol. The summed E-state index contributed by atoms with van der Waals surface area (Å²) in [6.45, 7) is 0. The van der Waals surface area contributed by atoms with Gasteiger partial charge in [0.15, 0.2) is 11.5 Å². The van der Waals surface area contributed by atoms with Gasteiger partial charge in [0.25, 0.3) is 0 Å². The normalized spacial score (nSPS) is 11.7. The van der Waals surface area contributed by atoms with E-state index in [2.05, 4.69) is 20.2 Å². The molecule has 7 rings (SSSR count).